The molecule has 29 heavy (non-hydrogen) atoms. The first-order valence-electron chi connectivity index (χ1n) is 10.0. The molecule has 3 aromatic rings. The zero-order chi connectivity index (χ0) is 21.0. The van der Waals surface area contributed by atoms with Crippen LogP contribution in [0.5, 0.6) is 0 Å². The molecule has 0 aliphatic carbocycles. The van der Waals surface area contributed by atoms with Gasteiger partial charge in [0.15, 0.2) is 0 Å². The molecule has 6 heteroatoms. The van der Waals surface area contributed by atoms with Crippen molar-refractivity contribution in [2.45, 2.75) is 46.1 Å². The Hall–Kier alpha value is -2.66. The van der Waals surface area contributed by atoms with E-state index in [1.807, 2.05) is 43.0 Å². The summed E-state index contributed by atoms with van der Waals surface area (Å²) in [4.78, 5) is 32.7. The standard InChI is InChI=1S/C23H26ClN3O2/c1-4-6-14-26(21(28)5-2)16(3)22-25-20-13-8-7-12-19(20)23(29)27(22)18-11-9-10-17(24)15-18/h7-13,15-16H,4-6,14H2,1-3H3. The van der Waals surface area contributed by atoms with Crippen molar-refractivity contribution in [2.75, 3.05) is 6.54 Å². The van der Waals surface area contributed by atoms with Gasteiger partial charge in [-0.1, -0.05) is 50.1 Å². The molecule has 1 atom stereocenters. The zero-order valence-corrected chi connectivity index (χ0v) is 17.8. The second-order valence-corrected chi connectivity index (χ2v) is 7.51. The van der Waals surface area contributed by atoms with E-state index in [9.17, 15) is 9.59 Å². The minimum absolute atomic E-state index is 0.0472. The normalized spacial score (nSPS) is 12.1. The minimum Gasteiger partial charge on any atom is -0.333 e. The predicted octanol–water partition coefficient (Wildman–Crippen LogP) is 5.14. The number of hydrogen-bond acceptors (Lipinski definition) is 3. The molecular formula is C23H26ClN3O2. The highest BCUT2D eigenvalue weighted by Crippen LogP contribution is 2.25. The maximum absolute atomic E-state index is 13.4. The van der Waals surface area contributed by atoms with Crippen molar-refractivity contribution < 1.29 is 4.79 Å². The number of fused-ring (bicyclic) bond motifs is 1. The number of aromatic nitrogens is 2. The monoisotopic (exact) mass is 411 g/mol. The Morgan fingerprint density at radius 3 is 2.62 bits per heavy atom. The Bertz CT molecular complexity index is 1080. The molecule has 1 unspecified atom stereocenters. The maximum atomic E-state index is 13.4. The van der Waals surface area contributed by atoms with Gasteiger partial charge in [-0.25, -0.2) is 4.98 Å². The third-order valence-corrected chi connectivity index (χ3v) is 5.32. The lowest BCUT2D eigenvalue weighted by atomic mass is 10.1. The highest BCUT2D eigenvalue weighted by atomic mass is 35.5. The van der Waals surface area contributed by atoms with Gasteiger partial charge in [-0.15, -0.1) is 0 Å². The van der Waals surface area contributed by atoms with E-state index in [4.69, 9.17) is 16.6 Å². The van der Waals surface area contributed by atoms with Gasteiger partial charge in [-0.2, -0.15) is 0 Å². The molecule has 1 heterocycles. The molecule has 1 amide bonds. The van der Waals surface area contributed by atoms with E-state index in [1.165, 1.54) is 0 Å². The SMILES string of the molecule is CCCCN(C(=O)CC)C(C)c1nc2ccccc2c(=O)n1-c1cccc(Cl)c1. The maximum Gasteiger partial charge on any atom is 0.266 e. The molecular weight excluding hydrogens is 386 g/mol. The molecule has 0 radical (unpaired) electrons. The van der Waals surface area contributed by atoms with E-state index in [1.54, 1.807) is 28.8 Å². The van der Waals surface area contributed by atoms with Gasteiger partial charge in [-0.05, 0) is 43.7 Å². The van der Waals surface area contributed by atoms with Gasteiger partial charge in [0.25, 0.3) is 5.56 Å². The van der Waals surface area contributed by atoms with E-state index in [-0.39, 0.29) is 17.5 Å². The van der Waals surface area contributed by atoms with Gasteiger partial charge in [0.2, 0.25) is 5.91 Å². The largest absolute Gasteiger partial charge is 0.333 e. The lowest BCUT2D eigenvalue weighted by Crippen LogP contribution is -2.37. The number of nitrogens with zero attached hydrogens (tertiary/aromatic N) is 3. The predicted molar refractivity (Wildman–Crippen MR) is 118 cm³/mol. The van der Waals surface area contributed by atoms with Gasteiger partial charge >= 0.3 is 0 Å². The first-order valence-corrected chi connectivity index (χ1v) is 10.4. The van der Waals surface area contributed by atoms with Crippen LogP contribution >= 0.6 is 11.6 Å². The van der Waals surface area contributed by atoms with Crippen molar-refractivity contribution in [3.05, 3.63) is 69.7 Å². The first kappa shape index (κ1) is 21.1. The number of para-hydroxylation sites is 1. The minimum atomic E-state index is -0.356. The molecule has 3 rings (SSSR count). The van der Waals surface area contributed by atoms with E-state index in [0.717, 1.165) is 12.8 Å². The third-order valence-electron chi connectivity index (χ3n) is 5.08. The number of benzene rings is 2. The van der Waals surface area contributed by atoms with Gasteiger partial charge in [-0.3, -0.25) is 14.2 Å². The van der Waals surface area contributed by atoms with Crippen LogP contribution in [-0.4, -0.2) is 26.9 Å². The fraction of sp³-hybridized carbons (Fsp3) is 0.348. The molecule has 5 nitrogen and oxygen atoms in total. The number of amides is 1. The van der Waals surface area contributed by atoms with Crippen molar-refractivity contribution in [1.29, 1.82) is 0 Å². The van der Waals surface area contributed by atoms with Gasteiger partial charge in [0, 0.05) is 18.0 Å². The van der Waals surface area contributed by atoms with Crippen molar-refractivity contribution in [3.63, 3.8) is 0 Å². The summed E-state index contributed by atoms with van der Waals surface area (Å²) < 4.78 is 1.58. The molecule has 152 valence electrons. The average molecular weight is 412 g/mol. The summed E-state index contributed by atoms with van der Waals surface area (Å²) in [5, 5.41) is 1.07. The highest BCUT2D eigenvalue weighted by molar-refractivity contribution is 6.30. The molecule has 0 saturated carbocycles. The van der Waals surface area contributed by atoms with Crippen LogP contribution in [0, 0.1) is 0 Å². The molecule has 1 aromatic heterocycles. The van der Waals surface area contributed by atoms with Crippen LogP contribution in [0.15, 0.2) is 53.3 Å². The highest BCUT2D eigenvalue weighted by Gasteiger charge is 2.25. The molecule has 0 aliphatic heterocycles. The molecule has 0 aliphatic rings. The summed E-state index contributed by atoms with van der Waals surface area (Å²) in [6.45, 7) is 6.50. The Morgan fingerprint density at radius 1 is 1.17 bits per heavy atom. The van der Waals surface area contributed by atoms with Crippen molar-refractivity contribution in [3.8, 4) is 5.69 Å². The number of halogens is 1. The number of carbonyl (C=O) groups excluding carboxylic acids is 1. The second-order valence-electron chi connectivity index (χ2n) is 7.08. The van der Waals surface area contributed by atoms with Gasteiger partial charge in [0.05, 0.1) is 22.6 Å². The van der Waals surface area contributed by atoms with Crippen molar-refractivity contribution in [1.82, 2.24) is 14.5 Å². The van der Waals surface area contributed by atoms with Gasteiger partial charge in [0.1, 0.15) is 5.82 Å². The fourth-order valence-electron chi connectivity index (χ4n) is 3.50. The average Bonchev–Trinajstić information content (AvgIpc) is 2.73. The van der Waals surface area contributed by atoms with Crippen molar-refractivity contribution >= 4 is 28.4 Å². The van der Waals surface area contributed by atoms with Crippen LogP contribution in [0.2, 0.25) is 5.02 Å². The Morgan fingerprint density at radius 2 is 1.93 bits per heavy atom. The summed E-state index contributed by atoms with van der Waals surface area (Å²) in [5.74, 6) is 0.583. The molecule has 2 aromatic carbocycles. The molecule has 0 N–H and O–H groups in total. The molecule has 0 bridgehead atoms. The first-order chi connectivity index (χ1) is 14.0. The van der Waals surface area contributed by atoms with E-state index in [2.05, 4.69) is 6.92 Å². The lowest BCUT2D eigenvalue weighted by Gasteiger charge is -2.30. The third kappa shape index (κ3) is 4.35. The Balaban J connectivity index is 2.25. The zero-order valence-electron chi connectivity index (χ0n) is 17.1. The number of carbonyl (C=O) groups is 1. The number of rotatable bonds is 7. The molecule has 0 spiro atoms. The summed E-state index contributed by atoms with van der Waals surface area (Å²) in [7, 11) is 0. The summed E-state index contributed by atoms with van der Waals surface area (Å²) in [6, 6.07) is 14.1. The van der Waals surface area contributed by atoms with Crippen LogP contribution in [0.1, 0.15) is 51.9 Å². The van der Waals surface area contributed by atoms with Crippen LogP contribution < -0.4 is 5.56 Å². The summed E-state index contributed by atoms with van der Waals surface area (Å²) in [6.07, 6.45) is 2.28. The fourth-order valence-corrected chi connectivity index (χ4v) is 3.68. The second kappa shape index (κ2) is 9.23. The summed E-state index contributed by atoms with van der Waals surface area (Å²) in [5.41, 5.74) is 1.10. The van der Waals surface area contributed by atoms with Crippen molar-refractivity contribution in [2.24, 2.45) is 0 Å². The van der Waals surface area contributed by atoms with Gasteiger partial charge < -0.3 is 4.90 Å². The quantitative estimate of drug-likeness (QED) is 0.541. The van der Waals surface area contributed by atoms with E-state index < -0.39 is 0 Å². The Labute approximate surface area is 175 Å². The number of unbranched alkanes of at least 4 members (excludes halogenated alkanes) is 1. The Kier molecular flexibility index (Phi) is 6.70. The van der Waals surface area contributed by atoms with Crippen LogP contribution in [-0.2, 0) is 4.79 Å². The van der Waals surface area contributed by atoms with E-state index >= 15 is 0 Å². The van der Waals surface area contributed by atoms with E-state index in [0.29, 0.717) is 40.4 Å². The topological polar surface area (TPSA) is 55.2 Å². The lowest BCUT2D eigenvalue weighted by molar-refractivity contribution is -0.133. The molecule has 0 fully saturated rings. The molecule has 0 saturated heterocycles. The van der Waals surface area contributed by atoms with Crippen LogP contribution in [0.3, 0.4) is 0 Å². The smallest absolute Gasteiger partial charge is 0.266 e. The van der Waals surface area contributed by atoms with Crippen LogP contribution in [0.25, 0.3) is 16.6 Å². The number of hydrogen-bond donors (Lipinski definition) is 0. The summed E-state index contributed by atoms with van der Waals surface area (Å²) >= 11 is 6.20. The van der Waals surface area contributed by atoms with Crippen LogP contribution in [0.4, 0.5) is 0 Å².